The van der Waals surface area contributed by atoms with Crippen molar-refractivity contribution in [2.24, 2.45) is 0 Å². The lowest BCUT2D eigenvalue weighted by molar-refractivity contribution is 0.404. The molecule has 0 aliphatic rings. The van der Waals surface area contributed by atoms with E-state index in [1.165, 1.54) is 4.88 Å². The van der Waals surface area contributed by atoms with Crippen LogP contribution in [-0.4, -0.2) is 19.2 Å². The van der Waals surface area contributed by atoms with E-state index in [1.807, 2.05) is 18.2 Å². The summed E-state index contributed by atoms with van der Waals surface area (Å²) in [6.45, 7) is 2.12. The summed E-state index contributed by atoms with van der Waals surface area (Å²) in [4.78, 5) is 4.46. The Balaban J connectivity index is 2.63. The molecule has 0 atom stereocenters. The SMILES string of the molecule is CCc1sc(=S)[nH]c1-c1cc(OC)ccc1OC. The average molecular weight is 281 g/mol. The monoisotopic (exact) mass is 281 g/mol. The fraction of sp³-hybridized carbons (Fsp3) is 0.308. The standard InChI is InChI=1S/C13H15NO2S2/c1-4-11-12(14-13(17)18-11)9-7-8(15-2)5-6-10(9)16-3/h5-7H,4H2,1-3H3,(H,14,17). The van der Waals surface area contributed by atoms with Gasteiger partial charge in [0, 0.05) is 10.4 Å². The van der Waals surface area contributed by atoms with Crippen molar-refractivity contribution in [1.82, 2.24) is 4.98 Å². The third-order valence-electron chi connectivity index (χ3n) is 2.72. The van der Waals surface area contributed by atoms with Gasteiger partial charge in [-0.15, -0.1) is 11.3 Å². The zero-order chi connectivity index (χ0) is 13.1. The molecular weight excluding hydrogens is 266 g/mol. The highest BCUT2D eigenvalue weighted by Crippen LogP contribution is 2.36. The van der Waals surface area contributed by atoms with Gasteiger partial charge >= 0.3 is 0 Å². The van der Waals surface area contributed by atoms with Crippen molar-refractivity contribution in [3.8, 4) is 22.8 Å². The molecule has 0 saturated heterocycles. The number of nitrogens with one attached hydrogen (secondary N) is 1. The van der Waals surface area contributed by atoms with Gasteiger partial charge in [0.25, 0.3) is 0 Å². The Morgan fingerprint density at radius 1 is 1.28 bits per heavy atom. The highest BCUT2D eigenvalue weighted by atomic mass is 32.1. The van der Waals surface area contributed by atoms with Crippen LogP contribution in [-0.2, 0) is 6.42 Å². The highest BCUT2D eigenvalue weighted by molar-refractivity contribution is 7.73. The Bertz CT molecular complexity index is 601. The molecule has 2 aromatic rings. The molecule has 2 rings (SSSR count). The minimum atomic E-state index is 0.784. The molecule has 0 bridgehead atoms. The second-order valence-electron chi connectivity index (χ2n) is 3.73. The largest absolute Gasteiger partial charge is 0.497 e. The van der Waals surface area contributed by atoms with Crippen LogP contribution in [0.2, 0.25) is 0 Å². The fourth-order valence-corrected chi connectivity index (χ4v) is 3.02. The summed E-state index contributed by atoms with van der Waals surface area (Å²) < 4.78 is 11.5. The minimum absolute atomic E-state index is 0.784. The van der Waals surface area contributed by atoms with Gasteiger partial charge in [-0.2, -0.15) is 0 Å². The summed E-state index contributed by atoms with van der Waals surface area (Å²) in [5.74, 6) is 1.62. The third-order valence-corrected chi connectivity index (χ3v) is 4.10. The normalized spacial score (nSPS) is 10.4. The molecule has 1 N–H and O–H groups in total. The Morgan fingerprint density at radius 2 is 2.06 bits per heavy atom. The van der Waals surface area contributed by atoms with Gasteiger partial charge in [-0.25, -0.2) is 0 Å². The molecule has 0 fully saturated rings. The number of hydrogen-bond donors (Lipinski definition) is 1. The van der Waals surface area contributed by atoms with Gasteiger partial charge in [0.2, 0.25) is 0 Å². The van der Waals surface area contributed by atoms with Crippen LogP contribution in [0.15, 0.2) is 18.2 Å². The van der Waals surface area contributed by atoms with Gasteiger partial charge in [0.1, 0.15) is 11.5 Å². The number of rotatable bonds is 4. The van der Waals surface area contributed by atoms with Gasteiger partial charge in [0.15, 0.2) is 3.95 Å². The summed E-state index contributed by atoms with van der Waals surface area (Å²) in [5, 5.41) is 0. The van der Waals surface area contributed by atoms with Crippen LogP contribution in [0.25, 0.3) is 11.3 Å². The van der Waals surface area contributed by atoms with E-state index >= 15 is 0 Å². The van der Waals surface area contributed by atoms with Gasteiger partial charge < -0.3 is 14.5 Å². The Morgan fingerprint density at radius 3 is 2.67 bits per heavy atom. The molecule has 1 aromatic carbocycles. The quantitative estimate of drug-likeness (QED) is 0.858. The van der Waals surface area contributed by atoms with E-state index in [2.05, 4.69) is 11.9 Å². The Labute approximate surface area is 115 Å². The van der Waals surface area contributed by atoms with E-state index in [0.29, 0.717) is 0 Å². The van der Waals surface area contributed by atoms with Gasteiger partial charge in [-0.3, -0.25) is 0 Å². The van der Waals surface area contributed by atoms with Crippen LogP contribution in [0.1, 0.15) is 11.8 Å². The van der Waals surface area contributed by atoms with Gasteiger partial charge in [-0.1, -0.05) is 6.92 Å². The third kappa shape index (κ3) is 2.42. The molecule has 96 valence electrons. The zero-order valence-corrected chi connectivity index (χ0v) is 12.2. The number of aryl methyl sites for hydroxylation is 1. The zero-order valence-electron chi connectivity index (χ0n) is 10.6. The van der Waals surface area contributed by atoms with Crippen molar-refractivity contribution < 1.29 is 9.47 Å². The van der Waals surface area contributed by atoms with Crippen molar-refractivity contribution in [1.29, 1.82) is 0 Å². The van der Waals surface area contributed by atoms with Crippen LogP contribution >= 0.6 is 23.6 Å². The lowest BCUT2D eigenvalue weighted by atomic mass is 10.1. The smallest absolute Gasteiger partial charge is 0.159 e. The van der Waals surface area contributed by atoms with E-state index in [1.54, 1.807) is 25.6 Å². The first kappa shape index (κ1) is 13.1. The predicted molar refractivity (Wildman–Crippen MR) is 77.4 cm³/mol. The molecule has 5 heteroatoms. The topological polar surface area (TPSA) is 34.2 Å². The first-order chi connectivity index (χ1) is 8.69. The minimum Gasteiger partial charge on any atom is -0.497 e. The number of benzene rings is 1. The molecule has 0 unspecified atom stereocenters. The number of aromatic nitrogens is 1. The maximum absolute atomic E-state index is 5.40. The number of methoxy groups -OCH3 is 2. The van der Waals surface area contributed by atoms with Crippen LogP contribution in [0.4, 0.5) is 0 Å². The summed E-state index contributed by atoms with van der Waals surface area (Å²) in [6, 6.07) is 5.75. The van der Waals surface area contributed by atoms with Crippen molar-refractivity contribution in [2.45, 2.75) is 13.3 Å². The summed E-state index contributed by atoms with van der Waals surface area (Å²) in [5.41, 5.74) is 2.02. The molecular formula is C13H15NO2S2. The Hall–Kier alpha value is -1.33. The van der Waals surface area contributed by atoms with E-state index in [0.717, 1.165) is 33.1 Å². The average Bonchev–Trinajstić information content (AvgIpc) is 2.79. The number of H-pyrrole nitrogens is 1. The summed E-state index contributed by atoms with van der Waals surface area (Å²) in [7, 11) is 3.32. The van der Waals surface area contributed by atoms with Crippen LogP contribution in [0, 0.1) is 3.95 Å². The highest BCUT2D eigenvalue weighted by Gasteiger charge is 2.13. The molecule has 0 amide bonds. The molecule has 0 radical (unpaired) electrons. The molecule has 0 aliphatic heterocycles. The molecule has 0 aliphatic carbocycles. The molecule has 18 heavy (non-hydrogen) atoms. The van der Waals surface area contributed by atoms with Crippen molar-refractivity contribution in [3.05, 3.63) is 27.0 Å². The van der Waals surface area contributed by atoms with E-state index in [9.17, 15) is 0 Å². The number of hydrogen-bond acceptors (Lipinski definition) is 4. The van der Waals surface area contributed by atoms with Crippen molar-refractivity contribution in [2.75, 3.05) is 14.2 Å². The molecule has 1 aromatic heterocycles. The first-order valence-electron chi connectivity index (χ1n) is 5.64. The van der Waals surface area contributed by atoms with Gasteiger partial charge in [0.05, 0.1) is 19.9 Å². The van der Waals surface area contributed by atoms with Crippen LogP contribution < -0.4 is 9.47 Å². The molecule has 1 heterocycles. The number of thiazole rings is 1. The summed E-state index contributed by atoms with van der Waals surface area (Å²) in [6.07, 6.45) is 0.938. The lowest BCUT2D eigenvalue weighted by Gasteiger charge is -2.10. The van der Waals surface area contributed by atoms with E-state index in [4.69, 9.17) is 21.7 Å². The van der Waals surface area contributed by atoms with Crippen LogP contribution in [0.5, 0.6) is 11.5 Å². The number of ether oxygens (including phenoxy) is 2. The van der Waals surface area contributed by atoms with Crippen molar-refractivity contribution in [3.63, 3.8) is 0 Å². The molecule has 3 nitrogen and oxygen atoms in total. The maximum Gasteiger partial charge on any atom is 0.159 e. The predicted octanol–water partition coefficient (Wildman–Crippen LogP) is 4.05. The number of aromatic amines is 1. The van der Waals surface area contributed by atoms with Gasteiger partial charge in [-0.05, 0) is 36.8 Å². The molecule has 0 saturated carbocycles. The van der Waals surface area contributed by atoms with E-state index < -0.39 is 0 Å². The van der Waals surface area contributed by atoms with Crippen molar-refractivity contribution >= 4 is 23.6 Å². The van der Waals surface area contributed by atoms with Crippen LogP contribution in [0.3, 0.4) is 0 Å². The second kappa shape index (κ2) is 5.54. The summed E-state index contributed by atoms with van der Waals surface area (Å²) >= 11 is 6.82. The fourth-order valence-electron chi connectivity index (χ4n) is 1.84. The lowest BCUT2D eigenvalue weighted by Crippen LogP contribution is -1.92. The molecule has 0 spiro atoms. The second-order valence-corrected chi connectivity index (χ2v) is 5.50. The first-order valence-corrected chi connectivity index (χ1v) is 6.86. The van der Waals surface area contributed by atoms with E-state index in [-0.39, 0.29) is 0 Å². The maximum atomic E-state index is 5.40. The Kier molecular flexibility index (Phi) is 4.04.